The Balaban J connectivity index is 1.42. The van der Waals surface area contributed by atoms with Gasteiger partial charge in [0.1, 0.15) is 16.9 Å². The van der Waals surface area contributed by atoms with E-state index in [1.54, 1.807) is 0 Å². The molecule has 1 heterocycles. The van der Waals surface area contributed by atoms with Gasteiger partial charge in [-0.3, -0.25) is 4.79 Å². The maximum absolute atomic E-state index is 12.2. The third kappa shape index (κ3) is 3.63. The Morgan fingerprint density at radius 2 is 1.76 bits per heavy atom. The smallest absolute Gasteiger partial charge is 0.258 e. The number of carbonyl (C=O) groups excluding carboxylic acids is 1. The highest BCUT2D eigenvalue weighted by Gasteiger charge is 2.15. The summed E-state index contributed by atoms with van der Waals surface area (Å²) in [5.74, 6) is 0.652. The number of ether oxygens (including phenoxy) is 1. The Kier molecular flexibility index (Phi) is 4.59. The molecule has 0 saturated heterocycles. The molecule has 1 aliphatic carbocycles. The molecule has 1 N–H and O–H groups in total. The second-order valence-corrected chi connectivity index (χ2v) is 6.80. The van der Waals surface area contributed by atoms with Gasteiger partial charge in [-0.25, -0.2) is 0 Å². The van der Waals surface area contributed by atoms with Gasteiger partial charge in [-0.2, -0.15) is 0 Å². The molecule has 1 aromatic heterocycles. The average Bonchev–Trinajstić information content (AvgIpc) is 2.80. The summed E-state index contributed by atoms with van der Waals surface area (Å²) in [6, 6.07) is 13.9. The lowest BCUT2D eigenvalue weighted by atomic mass is 10.1. The number of amides is 1. The summed E-state index contributed by atoms with van der Waals surface area (Å²) in [6.07, 6.45) is 7.13. The van der Waals surface area contributed by atoms with Crippen LogP contribution in [-0.2, 0) is 4.79 Å². The van der Waals surface area contributed by atoms with Crippen molar-refractivity contribution in [1.82, 2.24) is 5.32 Å². The first-order chi connectivity index (χ1) is 12.3. The lowest BCUT2D eigenvalue weighted by Gasteiger charge is -2.16. The number of nitrogens with one attached hydrogen (secondary N) is 1. The van der Waals surface area contributed by atoms with Crippen molar-refractivity contribution in [2.45, 2.75) is 44.6 Å². The highest BCUT2D eigenvalue weighted by Crippen LogP contribution is 2.31. The quantitative estimate of drug-likeness (QED) is 0.696. The number of furan rings is 1. The Labute approximate surface area is 147 Å². The maximum Gasteiger partial charge on any atom is 0.258 e. The number of para-hydroxylation sites is 1. The molecular formula is C21H23NO3. The van der Waals surface area contributed by atoms with E-state index in [1.165, 1.54) is 25.7 Å². The Bertz CT molecular complexity index is 875. The molecule has 1 aliphatic rings. The fraction of sp³-hybridized carbons (Fsp3) is 0.381. The van der Waals surface area contributed by atoms with Crippen molar-refractivity contribution < 1.29 is 13.9 Å². The van der Waals surface area contributed by atoms with Gasteiger partial charge in [0, 0.05) is 16.8 Å². The first-order valence-electron chi connectivity index (χ1n) is 9.13. The summed E-state index contributed by atoms with van der Waals surface area (Å²) in [5, 5.41) is 5.18. The fourth-order valence-electron chi connectivity index (χ4n) is 3.64. The Morgan fingerprint density at radius 3 is 2.60 bits per heavy atom. The first kappa shape index (κ1) is 16.0. The van der Waals surface area contributed by atoms with Crippen molar-refractivity contribution in [2.75, 3.05) is 6.61 Å². The molecular weight excluding hydrogens is 314 g/mol. The third-order valence-corrected chi connectivity index (χ3v) is 4.94. The molecule has 4 rings (SSSR count). The van der Waals surface area contributed by atoms with Crippen LogP contribution >= 0.6 is 0 Å². The van der Waals surface area contributed by atoms with Crippen molar-refractivity contribution >= 4 is 27.8 Å². The van der Waals surface area contributed by atoms with E-state index in [0.29, 0.717) is 11.8 Å². The van der Waals surface area contributed by atoms with Crippen LogP contribution in [0.1, 0.15) is 38.5 Å². The van der Waals surface area contributed by atoms with E-state index in [0.717, 1.165) is 34.8 Å². The Morgan fingerprint density at radius 1 is 1.00 bits per heavy atom. The number of hydrogen-bond donors (Lipinski definition) is 1. The minimum absolute atomic E-state index is 0.0379. The normalized spacial score (nSPS) is 16.0. The Hall–Kier alpha value is -2.49. The van der Waals surface area contributed by atoms with Crippen molar-refractivity contribution in [3.8, 4) is 5.75 Å². The van der Waals surface area contributed by atoms with Crippen LogP contribution in [0.15, 0.2) is 46.9 Å². The lowest BCUT2D eigenvalue weighted by molar-refractivity contribution is -0.123. The zero-order valence-electron chi connectivity index (χ0n) is 14.3. The summed E-state index contributed by atoms with van der Waals surface area (Å²) in [7, 11) is 0. The summed E-state index contributed by atoms with van der Waals surface area (Å²) in [6.45, 7) is 0.0534. The molecule has 25 heavy (non-hydrogen) atoms. The molecule has 130 valence electrons. The molecule has 0 radical (unpaired) electrons. The third-order valence-electron chi connectivity index (χ3n) is 4.94. The predicted octanol–water partition coefficient (Wildman–Crippen LogP) is 4.80. The molecule has 1 amide bonds. The van der Waals surface area contributed by atoms with Crippen LogP contribution in [0.25, 0.3) is 21.9 Å². The van der Waals surface area contributed by atoms with E-state index in [4.69, 9.17) is 9.15 Å². The number of hydrogen-bond acceptors (Lipinski definition) is 3. The second kappa shape index (κ2) is 7.18. The van der Waals surface area contributed by atoms with Crippen molar-refractivity contribution in [3.63, 3.8) is 0 Å². The summed E-state index contributed by atoms with van der Waals surface area (Å²) >= 11 is 0. The molecule has 0 bridgehead atoms. The average molecular weight is 337 g/mol. The minimum atomic E-state index is -0.0379. The number of benzene rings is 2. The van der Waals surface area contributed by atoms with E-state index >= 15 is 0 Å². The molecule has 4 heteroatoms. The van der Waals surface area contributed by atoms with E-state index in [-0.39, 0.29) is 12.5 Å². The lowest BCUT2D eigenvalue weighted by Crippen LogP contribution is -2.37. The maximum atomic E-state index is 12.2. The zero-order chi connectivity index (χ0) is 17.1. The van der Waals surface area contributed by atoms with Crippen LogP contribution in [0.2, 0.25) is 0 Å². The summed E-state index contributed by atoms with van der Waals surface area (Å²) in [4.78, 5) is 12.2. The van der Waals surface area contributed by atoms with Crippen LogP contribution in [0, 0.1) is 0 Å². The van der Waals surface area contributed by atoms with Crippen LogP contribution in [0.4, 0.5) is 0 Å². The molecule has 0 unspecified atom stereocenters. The zero-order valence-corrected chi connectivity index (χ0v) is 14.3. The molecule has 3 aromatic rings. The molecule has 4 nitrogen and oxygen atoms in total. The van der Waals surface area contributed by atoms with E-state index in [9.17, 15) is 4.79 Å². The number of rotatable bonds is 4. The molecule has 0 aliphatic heterocycles. The standard InChI is InChI=1S/C21H23NO3/c23-21(22-15-7-3-1-2-4-8-15)14-24-16-11-12-20-18(13-16)17-9-5-6-10-19(17)25-20/h5-6,9-13,15H,1-4,7-8,14H2,(H,22,23). The van der Waals surface area contributed by atoms with E-state index < -0.39 is 0 Å². The van der Waals surface area contributed by atoms with Gasteiger partial charge in [0.25, 0.3) is 5.91 Å². The van der Waals surface area contributed by atoms with E-state index in [1.807, 2.05) is 42.5 Å². The molecule has 1 saturated carbocycles. The van der Waals surface area contributed by atoms with Gasteiger partial charge in [-0.1, -0.05) is 43.9 Å². The van der Waals surface area contributed by atoms with Crippen molar-refractivity contribution in [3.05, 3.63) is 42.5 Å². The van der Waals surface area contributed by atoms with Crippen molar-refractivity contribution in [2.24, 2.45) is 0 Å². The van der Waals surface area contributed by atoms with Crippen LogP contribution in [0.5, 0.6) is 5.75 Å². The van der Waals surface area contributed by atoms with E-state index in [2.05, 4.69) is 5.32 Å². The topological polar surface area (TPSA) is 51.5 Å². The highest BCUT2D eigenvalue weighted by molar-refractivity contribution is 6.05. The first-order valence-corrected chi connectivity index (χ1v) is 9.13. The molecule has 1 fully saturated rings. The van der Waals surface area contributed by atoms with Gasteiger partial charge < -0.3 is 14.5 Å². The van der Waals surface area contributed by atoms with Crippen LogP contribution in [0.3, 0.4) is 0 Å². The molecule has 0 spiro atoms. The number of fused-ring (bicyclic) bond motifs is 3. The van der Waals surface area contributed by atoms with Gasteiger partial charge >= 0.3 is 0 Å². The van der Waals surface area contributed by atoms with Crippen LogP contribution < -0.4 is 10.1 Å². The fourth-order valence-corrected chi connectivity index (χ4v) is 3.64. The van der Waals surface area contributed by atoms with Crippen molar-refractivity contribution in [1.29, 1.82) is 0 Å². The number of carbonyl (C=O) groups is 1. The van der Waals surface area contributed by atoms with Gasteiger partial charge in [0.2, 0.25) is 0 Å². The summed E-state index contributed by atoms with van der Waals surface area (Å²) in [5.41, 5.74) is 1.69. The van der Waals surface area contributed by atoms with Crippen LogP contribution in [-0.4, -0.2) is 18.6 Å². The van der Waals surface area contributed by atoms with Gasteiger partial charge in [-0.15, -0.1) is 0 Å². The summed E-state index contributed by atoms with van der Waals surface area (Å²) < 4.78 is 11.5. The molecule has 0 atom stereocenters. The SMILES string of the molecule is O=C(COc1ccc2oc3ccccc3c2c1)NC1CCCCCC1. The monoisotopic (exact) mass is 337 g/mol. The largest absolute Gasteiger partial charge is 0.484 e. The van der Waals surface area contributed by atoms with Gasteiger partial charge in [0.15, 0.2) is 6.61 Å². The minimum Gasteiger partial charge on any atom is -0.484 e. The molecule has 2 aromatic carbocycles. The second-order valence-electron chi connectivity index (χ2n) is 6.80. The highest BCUT2D eigenvalue weighted by atomic mass is 16.5. The predicted molar refractivity (Wildman–Crippen MR) is 98.8 cm³/mol. The van der Waals surface area contributed by atoms with Gasteiger partial charge in [-0.05, 0) is 37.1 Å². The van der Waals surface area contributed by atoms with Gasteiger partial charge in [0.05, 0.1) is 0 Å².